The van der Waals surface area contributed by atoms with E-state index >= 15 is 0 Å². The first-order valence-electron chi connectivity index (χ1n) is 10.7. The summed E-state index contributed by atoms with van der Waals surface area (Å²) in [4.78, 5) is 18.6. The molecule has 0 bridgehead atoms. The predicted molar refractivity (Wildman–Crippen MR) is 124 cm³/mol. The van der Waals surface area contributed by atoms with Gasteiger partial charge in [-0.15, -0.1) is 0 Å². The first-order valence-corrected chi connectivity index (χ1v) is 10.7. The van der Waals surface area contributed by atoms with Crippen LogP contribution in [0.5, 0.6) is 5.75 Å². The third kappa shape index (κ3) is 3.36. The summed E-state index contributed by atoms with van der Waals surface area (Å²) in [6.07, 6.45) is 7.54. The maximum atomic E-state index is 13.6. The van der Waals surface area contributed by atoms with Crippen molar-refractivity contribution in [2.24, 2.45) is 0 Å². The first-order chi connectivity index (χ1) is 15.2. The Labute approximate surface area is 181 Å². The summed E-state index contributed by atoms with van der Waals surface area (Å²) in [5.74, 6) is 1.09. The van der Waals surface area contributed by atoms with E-state index in [9.17, 15) is 4.79 Å². The van der Waals surface area contributed by atoms with Crippen LogP contribution in [0.2, 0.25) is 0 Å². The zero-order valence-electron chi connectivity index (χ0n) is 17.8. The number of fused-ring (bicyclic) bond motifs is 1. The van der Waals surface area contributed by atoms with Gasteiger partial charge in [0.05, 0.1) is 24.1 Å². The fourth-order valence-electron chi connectivity index (χ4n) is 4.55. The Morgan fingerprint density at radius 3 is 2.48 bits per heavy atom. The van der Waals surface area contributed by atoms with Crippen LogP contribution in [0.1, 0.15) is 36.4 Å². The topological polar surface area (TPSA) is 59.4 Å². The Balaban J connectivity index is 1.76. The van der Waals surface area contributed by atoms with Crippen molar-refractivity contribution in [3.8, 4) is 28.1 Å². The monoisotopic (exact) mass is 411 g/mol. The maximum Gasteiger partial charge on any atom is 0.280 e. The largest absolute Gasteiger partial charge is 0.497 e. The summed E-state index contributed by atoms with van der Waals surface area (Å²) in [5, 5.41) is 3.40. The molecule has 31 heavy (non-hydrogen) atoms. The van der Waals surface area contributed by atoms with Gasteiger partial charge in [0.15, 0.2) is 5.65 Å². The number of aryl methyl sites for hydroxylation is 1. The second-order valence-corrected chi connectivity index (χ2v) is 8.01. The van der Waals surface area contributed by atoms with Crippen LogP contribution in [-0.4, -0.2) is 21.7 Å². The molecule has 5 nitrogen and oxygen atoms in total. The molecule has 4 aromatic rings. The normalized spacial score (nSPS) is 16.0. The van der Waals surface area contributed by atoms with E-state index in [-0.39, 0.29) is 5.56 Å². The van der Waals surface area contributed by atoms with Gasteiger partial charge in [-0.05, 0) is 55.4 Å². The molecule has 1 aliphatic rings. The second-order valence-electron chi connectivity index (χ2n) is 8.01. The molecule has 1 atom stereocenters. The highest BCUT2D eigenvalue weighted by atomic mass is 16.5. The lowest BCUT2D eigenvalue weighted by atomic mass is 9.86. The zero-order valence-corrected chi connectivity index (χ0v) is 17.8. The van der Waals surface area contributed by atoms with Crippen LogP contribution < -0.4 is 10.3 Å². The van der Waals surface area contributed by atoms with Crippen molar-refractivity contribution in [2.75, 3.05) is 7.11 Å². The van der Waals surface area contributed by atoms with Gasteiger partial charge in [0, 0.05) is 5.56 Å². The Morgan fingerprint density at radius 2 is 1.81 bits per heavy atom. The highest BCUT2D eigenvalue weighted by Crippen LogP contribution is 2.38. The number of ether oxygens (including phenoxy) is 1. The van der Waals surface area contributed by atoms with Crippen LogP contribution >= 0.6 is 0 Å². The van der Waals surface area contributed by atoms with Gasteiger partial charge in [-0.3, -0.25) is 9.89 Å². The summed E-state index contributed by atoms with van der Waals surface area (Å²) in [6, 6.07) is 17.8. The highest BCUT2D eigenvalue weighted by molar-refractivity contribution is 5.74. The number of hydrogen-bond acceptors (Lipinski definition) is 3. The van der Waals surface area contributed by atoms with Crippen LogP contribution in [0.3, 0.4) is 0 Å². The molecule has 0 aliphatic heterocycles. The maximum absolute atomic E-state index is 13.6. The molecule has 1 unspecified atom stereocenters. The zero-order chi connectivity index (χ0) is 21.4. The molecule has 0 saturated carbocycles. The predicted octanol–water partition coefficient (Wildman–Crippen LogP) is 5.50. The number of methoxy groups -OCH3 is 1. The van der Waals surface area contributed by atoms with Crippen molar-refractivity contribution in [1.29, 1.82) is 0 Å². The van der Waals surface area contributed by atoms with Gasteiger partial charge in [-0.2, -0.15) is 0 Å². The smallest absolute Gasteiger partial charge is 0.280 e. The summed E-state index contributed by atoms with van der Waals surface area (Å²) in [5.41, 5.74) is 6.02. The fraction of sp³-hybridized carbons (Fsp3) is 0.231. The van der Waals surface area contributed by atoms with E-state index in [0.29, 0.717) is 11.5 Å². The molecule has 2 aromatic heterocycles. The number of aromatic nitrogens is 3. The molecule has 5 rings (SSSR count). The standard InChI is InChI=1S/C26H25N3O2/c1-17-22(19-13-15-21(31-2)16-14-19)26(30)29-25(27-17)23(18-9-5-3-6-10-18)24(28-29)20-11-7-4-8-12-20/h3-5,7-8,11-16,18,28H,6,9-10H2,1-2H3. The van der Waals surface area contributed by atoms with Crippen LogP contribution in [0, 0.1) is 6.92 Å². The Bertz CT molecular complexity index is 1320. The number of benzene rings is 2. The molecule has 2 heterocycles. The lowest BCUT2D eigenvalue weighted by Crippen LogP contribution is -2.19. The Hall–Kier alpha value is -3.60. The van der Waals surface area contributed by atoms with Crippen molar-refractivity contribution in [2.45, 2.75) is 32.1 Å². The molecule has 5 heteroatoms. The van der Waals surface area contributed by atoms with Crippen LogP contribution in [0.4, 0.5) is 0 Å². The van der Waals surface area contributed by atoms with E-state index in [4.69, 9.17) is 9.72 Å². The molecule has 0 amide bonds. The summed E-state index contributed by atoms with van der Waals surface area (Å²) < 4.78 is 6.89. The van der Waals surface area contributed by atoms with E-state index in [1.807, 2.05) is 49.4 Å². The number of rotatable bonds is 4. The Kier molecular flexibility index (Phi) is 4.94. The number of hydrogen-bond donors (Lipinski definition) is 1. The molecule has 0 fully saturated rings. The number of nitrogens with zero attached hydrogens (tertiary/aromatic N) is 2. The van der Waals surface area contributed by atoms with Gasteiger partial charge in [0.1, 0.15) is 5.75 Å². The second kappa shape index (κ2) is 7.91. The number of aromatic amines is 1. The fourth-order valence-corrected chi connectivity index (χ4v) is 4.55. The molecule has 2 aromatic carbocycles. The van der Waals surface area contributed by atoms with Gasteiger partial charge in [-0.25, -0.2) is 9.50 Å². The summed E-state index contributed by atoms with van der Waals surface area (Å²) in [7, 11) is 1.63. The average molecular weight is 412 g/mol. The molecular formula is C26H25N3O2. The van der Waals surface area contributed by atoms with Crippen molar-refractivity contribution in [1.82, 2.24) is 14.6 Å². The van der Waals surface area contributed by atoms with Gasteiger partial charge in [-0.1, -0.05) is 54.6 Å². The third-order valence-electron chi connectivity index (χ3n) is 6.12. The van der Waals surface area contributed by atoms with E-state index in [0.717, 1.165) is 58.7 Å². The lowest BCUT2D eigenvalue weighted by Gasteiger charge is -2.18. The summed E-state index contributed by atoms with van der Waals surface area (Å²) >= 11 is 0. The number of nitrogens with one attached hydrogen (secondary N) is 1. The van der Waals surface area contributed by atoms with Gasteiger partial charge >= 0.3 is 0 Å². The molecule has 0 saturated heterocycles. The van der Waals surface area contributed by atoms with E-state index in [1.165, 1.54) is 0 Å². The van der Waals surface area contributed by atoms with E-state index in [2.05, 4.69) is 29.4 Å². The molecule has 0 spiro atoms. The summed E-state index contributed by atoms with van der Waals surface area (Å²) in [6.45, 7) is 1.92. The average Bonchev–Trinajstić information content (AvgIpc) is 3.20. The highest BCUT2D eigenvalue weighted by Gasteiger charge is 2.25. The van der Waals surface area contributed by atoms with Crippen molar-refractivity contribution in [3.63, 3.8) is 0 Å². The van der Waals surface area contributed by atoms with Crippen LogP contribution in [-0.2, 0) is 0 Å². The van der Waals surface area contributed by atoms with Crippen LogP contribution in [0.15, 0.2) is 71.5 Å². The van der Waals surface area contributed by atoms with E-state index in [1.54, 1.807) is 11.6 Å². The minimum atomic E-state index is -0.0811. The van der Waals surface area contributed by atoms with Crippen molar-refractivity contribution >= 4 is 5.65 Å². The minimum Gasteiger partial charge on any atom is -0.497 e. The van der Waals surface area contributed by atoms with Crippen molar-refractivity contribution in [3.05, 3.63) is 88.4 Å². The number of H-pyrrole nitrogens is 1. The molecular weight excluding hydrogens is 386 g/mol. The Morgan fingerprint density at radius 1 is 1.03 bits per heavy atom. The van der Waals surface area contributed by atoms with Gasteiger partial charge in [0.25, 0.3) is 5.56 Å². The molecule has 156 valence electrons. The molecule has 1 N–H and O–H groups in total. The molecule has 1 aliphatic carbocycles. The quantitative estimate of drug-likeness (QED) is 0.451. The van der Waals surface area contributed by atoms with Gasteiger partial charge in [0.2, 0.25) is 0 Å². The van der Waals surface area contributed by atoms with E-state index < -0.39 is 0 Å². The SMILES string of the molecule is COc1ccc(-c2c(C)nc3c(C4CC=CCC4)c(-c4ccccc4)[nH]n3c2=O)cc1. The molecule has 0 radical (unpaired) electrons. The third-order valence-corrected chi connectivity index (χ3v) is 6.12. The number of allylic oxidation sites excluding steroid dienone is 2. The van der Waals surface area contributed by atoms with Crippen molar-refractivity contribution < 1.29 is 4.74 Å². The van der Waals surface area contributed by atoms with Gasteiger partial charge < -0.3 is 4.74 Å². The minimum absolute atomic E-state index is 0.0811. The first kappa shape index (κ1) is 19.4. The lowest BCUT2D eigenvalue weighted by molar-refractivity contribution is 0.415. The van der Waals surface area contributed by atoms with Crippen LogP contribution in [0.25, 0.3) is 28.0 Å².